The second kappa shape index (κ2) is 8.87. The van der Waals surface area contributed by atoms with Crippen LogP contribution in [0.3, 0.4) is 0 Å². The quantitative estimate of drug-likeness (QED) is 0.429. The number of benzene rings is 1. The summed E-state index contributed by atoms with van der Waals surface area (Å²) >= 11 is 0. The molecule has 1 aliphatic rings. The van der Waals surface area contributed by atoms with Gasteiger partial charge in [-0.2, -0.15) is 0 Å². The van der Waals surface area contributed by atoms with Crippen LogP contribution >= 0.6 is 7.92 Å². The van der Waals surface area contributed by atoms with E-state index in [0.29, 0.717) is 0 Å². The van der Waals surface area contributed by atoms with Gasteiger partial charge in [-0.05, 0) is 36.3 Å². The molecule has 0 bridgehead atoms. The Hall–Kier alpha value is -2.05. The zero-order chi connectivity index (χ0) is 18.4. The lowest BCUT2D eigenvalue weighted by Gasteiger charge is -2.27. The average molecular weight is 361 g/mol. The number of terminal acetylenes is 1. The van der Waals surface area contributed by atoms with E-state index in [-0.39, 0.29) is 30.7 Å². The zero-order valence-corrected chi connectivity index (χ0v) is 15.8. The standard InChI is InChI=1S/C19H24NO4P/c1-5-12-20(17-11-10-15-8-6-7-9-16(15)17)18(21)23-13-24-19(22)25(4)14(2)3/h1,6-9,14,17H,10-13H2,2-4H3/t17-,25?/m1/s1. The molecule has 1 amide bonds. The van der Waals surface area contributed by atoms with Crippen LogP contribution in [0.15, 0.2) is 24.3 Å². The molecule has 0 fully saturated rings. The van der Waals surface area contributed by atoms with Gasteiger partial charge in [0, 0.05) is 7.92 Å². The first-order valence-electron chi connectivity index (χ1n) is 8.30. The summed E-state index contributed by atoms with van der Waals surface area (Å²) in [6, 6.07) is 7.91. The number of nitrogens with zero attached hydrogens (tertiary/aromatic N) is 1. The Morgan fingerprint density at radius 2 is 2.08 bits per heavy atom. The number of hydrogen-bond acceptors (Lipinski definition) is 4. The lowest BCUT2D eigenvalue weighted by molar-refractivity contribution is 0.0122. The van der Waals surface area contributed by atoms with Crippen molar-refractivity contribution in [1.29, 1.82) is 0 Å². The van der Waals surface area contributed by atoms with E-state index in [1.807, 2.05) is 38.7 Å². The molecule has 0 heterocycles. The number of rotatable bonds is 6. The fourth-order valence-corrected chi connectivity index (χ4v) is 3.46. The minimum atomic E-state index is -0.895. The molecule has 2 atom stereocenters. The summed E-state index contributed by atoms with van der Waals surface area (Å²) in [5.41, 5.74) is 2.24. The van der Waals surface area contributed by atoms with E-state index in [9.17, 15) is 9.59 Å². The second-order valence-electron chi connectivity index (χ2n) is 6.23. The molecule has 1 unspecified atom stereocenters. The molecule has 2 rings (SSSR count). The van der Waals surface area contributed by atoms with E-state index in [4.69, 9.17) is 15.9 Å². The molecule has 6 heteroatoms. The van der Waals surface area contributed by atoms with Crippen molar-refractivity contribution < 1.29 is 19.1 Å². The minimum Gasteiger partial charge on any atom is -0.425 e. The van der Waals surface area contributed by atoms with Gasteiger partial charge in [-0.25, -0.2) is 9.59 Å². The Labute approximate surface area is 150 Å². The van der Waals surface area contributed by atoms with Crippen molar-refractivity contribution in [2.75, 3.05) is 20.0 Å². The van der Waals surface area contributed by atoms with Gasteiger partial charge in [0.1, 0.15) is 0 Å². The van der Waals surface area contributed by atoms with Crippen LogP contribution in [0.2, 0.25) is 0 Å². The number of aryl methyl sites for hydroxylation is 1. The first-order valence-corrected chi connectivity index (χ1v) is 10.2. The van der Waals surface area contributed by atoms with Gasteiger partial charge in [-0.1, -0.05) is 44.0 Å². The van der Waals surface area contributed by atoms with E-state index >= 15 is 0 Å². The summed E-state index contributed by atoms with van der Waals surface area (Å²) in [5, 5.41) is 0. The van der Waals surface area contributed by atoms with Gasteiger partial charge in [-0.3, -0.25) is 4.90 Å². The Balaban J connectivity index is 1.96. The summed E-state index contributed by atoms with van der Waals surface area (Å²) in [5.74, 6) is 2.51. The maximum absolute atomic E-state index is 12.4. The van der Waals surface area contributed by atoms with Gasteiger partial charge < -0.3 is 9.47 Å². The van der Waals surface area contributed by atoms with Gasteiger partial charge in [0.05, 0.1) is 12.6 Å². The predicted octanol–water partition coefficient (Wildman–Crippen LogP) is 4.36. The highest BCUT2D eigenvalue weighted by atomic mass is 31.1. The lowest BCUT2D eigenvalue weighted by Crippen LogP contribution is -2.35. The third-order valence-corrected chi connectivity index (χ3v) is 6.66. The Morgan fingerprint density at radius 3 is 2.76 bits per heavy atom. The van der Waals surface area contributed by atoms with Crippen LogP contribution in [0.25, 0.3) is 0 Å². The SMILES string of the molecule is C#CCN(C(=O)OCOC(=O)P(C)C(C)C)[C@@H]1CCc2ccccc21. The highest BCUT2D eigenvalue weighted by Crippen LogP contribution is 2.39. The fourth-order valence-electron chi connectivity index (χ4n) is 2.78. The number of fused-ring (bicyclic) bond motifs is 1. The molecule has 0 saturated heterocycles. The summed E-state index contributed by atoms with van der Waals surface area (Å²) in [7, 11) is -0.895. The maximum atomic E-state index is 12.4. The third-order valence-electron chi connectivity index (χ3n) is 4.40. The Bertz CT molecular complexity index is 668. The van der Waals surface area contributed by atoms with Crippen molar-refractivity contribution >= 4 is 19.7 Å². The van der Waals surface area contributed by atoms with Crippen molar-refractivity contribution in [2.45, 2.75) is 38.4 Å². The summed E-state index contributed by atoms with van der Waals surface area (Å²) in [6.45, 7) is 5.55. The van der Waals surface area contributed by atoms with Crippen molar-refractivity contribution in [1.82, 2.24) is 4.90 Å². The van der Waals surface area contributed by atoms with E-state index in [0.717, 1.165) is 18.4 Å². The molecule has 0 spiro atoms. The van der Waals surface area contributed by atoms with E-state index in [1.54, 1.807) is 0 Å². The molecule has 0 saturated carbocycles. The summed E-state index contributed by atoms with van der Waals surface area (Å²) in [4.78, 5) is 25.8. The summed E-state index contributed by atoms with van der Waals surface area (Å²) < 4.78 is 10.2. The minimum absolute atomic E-state index is 0.102. The van der Waals surface area contributed by atoms with E-state index in [2.05, 4.69) is 12.0 Å². The first-order chi connectivity index (χ1) is 12.0. The number of amides is 1. The number of ether oxygens (including phenoxy) is 2. The molecule has 1 aromatic rings. The first kappa shape index (κ1) is 19.3. The lowest BCUT2D eigenvalue weighted by atomic mass is 10.1. The van der Waals surface area contributed by atoms with Gasteiger partial charge in [0.15, 0.2) is 0 Å². The largest absolute Gasteiger partial charge is 0.425 e. The molecule has 0 aromatic heterocycles. The highest BCUT2D eigenvalue weighted by Gasteiger charge is 2.31. The van der Waals surface area contributed by atoms with Crippen molar-refractivity contribution in [3.63, 3.8) is 0 Å². The normalized spacial score (nSPS) is 16.7. The summed E-state index contributed by atoms with van der Waals surface area (Å²) in [6.07, 6.45) is 6.58. The van der Waals surface area contributed by atoms with E-state index < -0.39 is 14.0 Å². The third kappa shape index (κ3) is 4.74. The zero-order valence-electron chi connectivity index (χ0n) is 14.9. The molecular formula is C19H24NO4P. The topological polar surface area (TPSA) is 55.8 Å². The molecule has 134 valence electrons. The second-order valence-corrected chi connectivity index (χ2v) is 8.85. The average Bonchev–Trinajstić information content (AvgIpc) is 3.02. The fraction of sp³-hybridized carbons (Fsp3) is 0.474. The van der Waals surface area contributed by atoms with Crippen LogP contribution in [0.4, 0.5) is 9.59 Å². The Kier molecular flexibility index (Phi) is 6.84. The van der Waals surface area contributed by atoms with Crippen LogP contribution in [0.5, 0.6) is 0 Å². The number of carbonyl (C=O) groups is 2. The molecule has 1 aromatic carbocycles. The molecule has 1 aliphatic carbocycles. The molecule has 25 heavy (non-hydrogen) atoms. The van der Waals surface area contributed by atoms with Crippen LogP contribution in [-0.4, -0.2) is 42.4 Å². The Morgan fingerprint density at radius 1 is 1.36 bits per heavy atom. The molecule has 0 aliphatic heterocycles. The molecular weight excluding hydrogens is 337 g/mol. The highest BCUT2D eigenvalue weighted by molar-refractivity contribution is 7.74. The van der Waals surface area contributed by atoms with Crippen molar-refractivity contribution in [2.24, 2.45) is 0 Å². The molecule has 5 nitrogen and oxygen atoms in total. The van der Waals surface area contributed by atoms with Gasteiger partial charge >= 0.3 is 11.8 Å². The van der Waals surface area contributed by atoms with Crippen LogP contribution in [0, 0.1) is 12.3 Å². The number of carbonyl (C=O) groups excluding carboxylic acids is 2. The monoisotopic (exact) mass is 361 g/mol. The number of hydrogen-bond donors (Lipinski definition) is 0. The van der Waals surface area contributed by atoms with Gasteiger partial charge in [0.25, 0.3) is 0 Å². The molecule has 0 radical (unpaired) electrons. The predicted molar refractivity (Wildman–Crippen MR) is 98.9 cm³/mol. The van der Waals surface area contributed by atoms with E-state index in [1.165, 1.54) is 10.5 Å². The molecule has 0 N–H and O–H groups in total. The smallest absolute Gasteiger partial charge is 0.413 e. The van der Waals surface area contributed by atoms with Crippen LogP contribution in [0.1, 0.15) is 37.4 Å². The van der Waals surface area contributed by atoms with Crippen LogP contribution < -0.4 is 0 Å². The maximum Gasteiger partial charge on any atom is 0.413 e. The van der Waals surface area contributed by atoms with Gasteiger partial charge in [-0.15, -0.1) is 6.42 Å². The van der Waals surface area contributed by atoms with Crippen molar-refractivity contribution in [3.05, 3.63) is 35.4 Å². The van der Waals surface area contributed by atoms with Crippen LogP contribution in [-0.2, 0) is 15.9 Å². The van der Waals surface area contributed by atoms with Gasteiger partial charge in [0.2, 0.25) is 6.79 Å². The van der Waals surface area contributed by atoms with Crippen molar-refractivity contribution in [3.8, 4) is 12.3 Å².